The smallest absolute Gasteiger partial charge is 0.279 e. The summed E-state index contributed by atoms with van der Waals surface area (Å²) in [5, 5.41) is 9.03. The van der Waals surface area contributed by atoms with Crippen LogP contribution in [0.5, 0.6) is 0 Å². The SMILES string of the molecule is C[C@@H]1CCc2c(sc3nnn(CC(=O)N4c5ccccc5C[C@H]4C)c(=O)c23)C1. The van der Waals surface area contributed by atoms with Gasteiger partial charge < -0.3 is 4.90 Å². The predicted molar refractivity (Wildman–Crippen MR) is 110 cm³/mol. The fourth-order valence-electron chi connectivity index (χ4n) is 4.54. The molecular weight excluding hydrogens is 372 g/mol. The Kier molecular flexibility index (Phi) is 4.08. The highest BCUT2D eigenvalue weighted by atomic mass is 32.1. The third-order valence-corrected chi connectivity index (χ3v) is 7.08. The maximum Gasteiger partial charge on any atom is 0.279 e. The Labute approximate surface area is 166 Å². The highest BCUT2D eigenvalue weighted by Gasteiger charge is 2.31. The summed E-state index contributed by atoms with van der Waals surface area (Å²) in [5.41, 5.74) is 3.03. The highest BCUT2D eigenvalue weighted by molar-refractivity contribution is 7.18. The molecule has 0 saturated carbocycles. The van der Waals surface area contributed by atoms with Crippen LogP contribution in [-0.2, 0) is 30.6 Å². The maximum atomic E-state index is 13.1. The molecule has 28 heavy (non-hydrogen) atoms. The molecule has 0 unspecified atom stereocenters. The van der Waals surface area contributed by atoms with Crippen LogP contribution in [0.15, 0.2) is 29.1 Å². The van der Waals surface area contributed by atoms with E-state index < -0.39 is 0 Å². The number of anilines is 1. The van der Waals surface area contributed by atoms with E-state index in [2.05, 4.69) is 23.3 Å². The second-order valence-electron chi connectivity index (χ2n) is 8.03. The molecule has 0 bridgehead atoms. The van der Waals surface area contributed by atoms with Gasteiger partial charge in [-0.15, -0.1) is 16.4 Å². The van der Waals surface area contributed by atoms with Gasteiger partial charge in [-0.2, -0.15) is 0 Å². The van der Waals surface area contributed by atoms with Crippen molar-refractivity contribution < 1.29 is 4.79 Å². The number of aromatic nitrogens is 3. The van der Waals surface area contributed by atoms with Gasteiger partial charge in [0.25, 0.3) is 5.56 Å². The number of rotatable bonds is 2. The first-order valence-electron chi connectivity index (χ1n) is 9.81. The van der Waals surface area contributed by atoms with Gasteiger partial charge >= 0.3 is 0 Å². The molecule has 6 nitrogen and oxygen atoms in total. The lowest BCUT2D eigenvalue weighted by Crippen LogP contribution is -2.40. The lowest BCUT2D eigenvalue weighted by Gasteiger charge is -2.22. The highest BCUT2D eigenvalue weighted by Crippen LogP contribution is 2.35. The molecule has 2 atom stereocenters. The van der Waals surface area contributed by atoms with Crippen LogP contribution in [0.25, 0.3) is 10.2 Å². The summed E-state index contributed by atoms with van der Waals surface area (Å²) in [6.45, 7) is 4.19. The van der Waals surface area contributed by atoms with E-state index in [1.165, 1.54) is 15.1 Å². The Balaban J connectivity index is 1.50. The van der Waals surface area contributed by atoms with E-state index in [1.807, 2.05) is 25.1 Å². The summed E-state index contributed by atoms with van der Waals surface area (Å²) >= 11 is 1.58. The van der Waals surface area contributed by atoms with Crippen LogP contribution in [0, 0.1) is 5.92 Å². The molecule has 0 spiro atoms. The summed E-state index contributed by atoms with van der Waals surface area (Å²) in [5.74, 6) is 0.514. The van der Waals surface area contributed by atoms with Crippen molar-refractivity contribution in [2.45, 2.75) is 52.1 Å². The number of benzene rings is 1. The van der Waals surface area contributed by atoms with Crippen LogP contribution < -0.4 is 10.5 Å². The monoisotopic (exact) mass is 394 g/mol. The summed E-state index contributed by atoms with van der Waals surface area (Å²) in [4.78, 5) is 29.9. The van der Waals surface area contributed by atoms with Crippen molar-refractivity contribution in [1.29, 1.82) is 0 Å². The molecule has 5 rings (SSSR count). The van der Waals surface area contributed by atoms with Gasteiger partial charge in [0.15, 0.2) is 4.83 Å². The van der Waals surface area contributed by atoms with Crippen LogP contribution in [0.4, 0.5) is 5.69 Å². The second-order valence-corrected chi connectivity index (χ2v) is 9.11. The van der Waals surface area contributed by atoms with Crippen molar-refractivity contribution in [3.05, 3.63) is 50.6 Å². The molecule has 1 amide bonds. The summed E-state index contributed by atoms with van der Waals surface area (Å²) in [7, 11) is 0. The van der Waals surface area contributed by atoms with E-state index in [1.54, 1.807) is 16.2 Å². The largest absolute Gasteiger partial charge is 0.307 e. The number of hydrogen-bond acceptors (Lipinski definition) is 5. The number of amides is 1. The van der Waals surface area contributed by atoms with Gasteiger partial charge in [0.05, 0.1) is 5.39 Å². The standard InChI is InChI=1S/C21H22N4O2S/c1-12-7-8-15-17(9-12)28-20-19(15)21(27)24(23-22-20)11-18(26)25-13(2)10-14-5-3-4-6-16(14)25/h3-6,12-13H,7-11H2,1-2H3/t12-,13-/m1/s1. The number of hydrogen-bond donors (Lipinski definition) is 0. The van der Waals surface area contributed by atoms with Crippen molar-refractivity contribution in [2.24, 2.45) is 5.92 Å². The minimum atomic E-state index is -0.189. The molecule has 0 fully saturated rings. The zero-order valence-corrected chi connectivity index (χ0v) is 16.8. The average molecular weight is 395 g/mol. The van der Waals surface area contributed by atoms with Gasteiger partial charge in [0.1, 0.15) is 6.54 Å². The molecule has 0 N–H and O–H groups in total. The van der Waals surface area contributed by atoms with Gasteiger partial charge in [-0.05, 0) is 55.7 Å². The number of carbonyl (C=O) groups is 1. The van der Waals surface area contributed by atoms with E-state index in [9.17, 15) is 9.59 Å². The molecule has 1 aromatic carbocycles. The fourth-order valence-corrected chi connectivity index (χ4v) is 5.86. The lowest BCUT2D eigenvalue weighted by molar-refractivity contribution is -0.119. The van der Waals surface area contributed by atoms with Crippen molar-refractivity contribution in [2.75, 3.05) is 4.90 Å². The van der Waals surface area contributed by atoms with Crippen molar-refractivity contribution in [3.63, 3.8) is 0 Å². The van der Waals surface area contributed by atoms with Crippen LogP contribution >= 0.6 is 11.3 Å². The molecule has 2 aromatic heterocycles. The Morgan fingerprint density at radius 3 is 2.93 bits per heavy atom. The topological polar surface area (TPSA) is 68.1 Å². The summed E-state index contributed by atoms with van der Waals surface area (Å²) in [6.07, 6.45) is 3.82. The Bertz CT molecular complexity index is 1150. The third-order valence-electron chi connectivity index (χ3n) is 5.95. The van der Waals surface area contributed by atoms with E-state index in [4.69, 9.17) is 0 Å². The van der Waals surface area contributed by atoms with Crippen LogP contribution in [0.1, 0.15) is 36.3 Å². The van der Waals surface area contributed by atoms with Gasteiger partial charge in [-0.25, -0.2) is 4.68 Å². The van der Waals surface area contributed by atoms with E-state index >= 15 is 0 Å². The Morgan fingerprint density at radius 1 is 1.25 bits per heavy atom. The van der Waals surface area contributed by atoms with Crippen molar-refractivity contribution in [3.8, 4) is 0 Å². The van der Waals surface area contributed by atoms with Gasteiger partial charge in [0, 0.05) is 16.6 Å². The number of fused-ring (bicyclic) bond motifs is 4. The summed E-state index contributed by atoms with van der Waals surface area (Å²) < 4.78 is 1.24. The van der Waals surface area contributed by atoms with E-state index in [0.29, 0.717) is 16.1 Å². The molecule has 3 aromatic rings. The van der Waals surface area contributed by atoms with Crippen molar-refractivity contribution in [1.82, 2.24) is 15.0 Å². The lowest BCUT2D eigenvalue weighted by atomic mass is 9.89. The molecule has 2 aliphatic rings. The molecule has 0 saturated heterocycles. The second kappa shape index (κ2) is 6.51. The van der Waals surface area contributed by atoms with Crippen LogP contribution in [-0.4, -0.2) is 26.9 Å². The third kappa shape index (κ3) is 2.68. The number of aryl methyl sites for hydroxylation is 1. The molecule has 144 valence electrons. The minimum absolute atomic E-state index is 0.0766. The van der Waals surface area contributed by atoms with Gasteiger partial charge in [-0.1, -0.05) is 30.3 Å². The zero-order valence-electron chi connectivity index (χ0n) is 16.0. The fraction of sp³-hybridized carbons (Fsp3) is 0.429. The quantitative estimate of drug-likeness (QED) is 0.670. The van der Waals surface area contributed by atoms with E-state index in [0.717, 1.165) is 36.9 Å². The maximum absolute atomic E-state index is 13.1. The normalized spacial score (nSPS) is 21.0. The van der Waals surface area contributed by atoms with Crippen molar-refractivity contribution >= 4 is 33.1 Å². The number of nitrogens with zero attached hydrogens (tertiary/aromatic N) is 4. The number of thiophene rings is 1. The summed E-state index contributed by atoms with van der Waals surface area (Å²) in [6, 6.07) is 8.02. The number of para-hydroxylation sites is 1. The molecule has 0 radical (unpaired) electrons. The van der Waals surface area contributed by atoms with Crippen LogP contribution in [0.2, 0.25) is 0 Å². The first kappa shape index (κ1) is 17.6. The molecule has 1 aliphatic carbocycles. The van der Waals surface area contributed by atoms with Gasteiger partial charge in [0.2, 0.25) is 5.91 Å². The average Bonchev–Trinajstić information content (AvgIpc) is 3.20. The Hall–Kier alpha value is -2.54. The Morgan fingerprint density at radius 2 is 2.07 bits per heavy atom. The molecule has 3 heterocycles. The minimum Gasteiger partial charge on any atom is -0.307 e. The van der Waals surface area contributed by atoms with Gasteiger partial charge in [-0.3, -0.25) is 9.59 Å². The zero-order chi connectivity index (χ0) is 19.4. The van der Waals surface area contributed by atoms with E-state index in [-0.39, 0.29) is 24.1 Å². The molecule has 1 aliphatic heterocycles. The molecule has 7 heteroatoms. The number of carbonyl (C=O) groups excluding carboxylic acids is 1. The molecular formula is C21H22N4O2S. The first-order valence-corrected chi connectivity index (χ1v) is 10.6. The first-order chi connectivity index (χ1) is 13.5. The predicted octanol–water partition coefficient (Wildman–Crippen LogP) is 2.96. The van der Waals surface area contributed by atoms with Crippen LogP contribution in [0.3, 0.4) is 0 Å².